The molecule has 0 atom stereocenters. The molecule has 0 aliphatic carbocycles. The van der Waals surface area contributed by atoms with Gasteiger partial charge >= 0.3 is 0 Å². The molecule has 1 amide bonds. The summed E-state index contributed by atoms with van der Waals surface area (Å²) < 4.78 is 7.41. The molecule has 2 aromatic carbocycles. The number of nitrogens with zero attached hydrogens (tertiary/aromatic N) is 2. The molecule has 0 saturated carbocycles. The molecule has 2 aromatic heterocycles. The van der Waals surface area contributed by atoms with Gasteiger partial charge in [-0.1, -0.05) is 48.0 Å². The Balaban J connectivity index is 1.53. The molecule has 4 rings (SSSR count). The Morgan fingerprint density at radius 2 is 1.75 bits per heavy atom. The van der Waals surface area contributed by atoms with Crippen molar-refractivity contribution in [2.45, 2.75) is 6.42 Å². The molecule has 0 aliphatic rings. The fourth-order valence-electron chi connectivity index (χ4n) is 2.94. The van der Waals surface area contributed by atoms with Gasteiger partial charge in [0.05, 0.1) is 5.69 Å². The Morgan fingerprint density at radius 1 is 1.00 bits per heavy atom. The molecule has 28 heavy (non-hydrogen) atoms. The van der Waals surface area contributed by atoms with Crippen LogP contribution < -0.4 is 10.1 Å². The van der Waals surface area contributed by atoms with E-state index in [1.165, 1.54) is 0 Å². The molecule has 140 valence electrons. The minimum atomic E-state index is -0.255. The summed E-state index contributed by atoms with van der Waals surface area (Å²) in [5, 5.41) is 3.56. The SMILES string of the molecule is O=C(COc1ccc(Cl)cc1)Nc1c(Cc2ccccc2)nc2ccccn12. The van der Waals surface area contributed by atoms with Crippen molar-refractivity contribution in [2.75, 3.05) is 11.9 Å². The maximum atomic E-state index is 12.5. The molecule has 0 saturated heterocycles. The van der Waals surface area contributed by atoms with Gasteiger partial charge in [-0.15, -0.1) is 0 Å². The number of nitrogens with one attached hydrogen (secondary N) is 1. The lowest BCUT2D eigenvalue weighted by molar-refractivity contribution is -0.118. The van der Waals surface area contributed by atoms with Gasteiger partial charge in [0.1, 0.15) is 17.2 Å². The number of carbonyl (C=O) groups is 1. The van der Waals surface area contributed by atoms with Gasteiger partial charge in [0.25, 0.3) is 5.91 Å². The van der Waals surface area contributed by atoms with Crippen LogP contribution in [0.1, 0.15) is 11.3 Å². The van der Waals surface area contributed by atoms with Crippen LogP contribution in [0.15, 0.2) is 79.0 Å². The first-order valence-electron chi connectivity index (χ1n) is 8.87. The maximum absolute atomic E-state index is 12.5. The number of pyridine rings is 1. The Kier molecular flexibility index (Phi) is 5.26. The number of amides is 1. The molecule has 0 spiro atoms. The number of aromatic nitrogens is 2. The van der Waals surface area contributed by atoms with Crippen LogP contribution in [-0.4, -0.2) is 21.9 Å². The van der Waals surface area contributed by atoms with Gasteiger partial charge in [-0.3, -0.25) is 9.20 Å². The number of imidazole rings is 1. The lowest BCUT2D eigenvalue weighted by atomic mass is 10.1. The van der Waals surface area contributed by atoms with E-state index in [1.807, 2.05) is 59.1 Å². The van der Waals surface area contributed by atoms with Gasteiger partial charge in [-0.2, -0.15) is 0 Å². The molecule has 2 heterocycles. The summed E-state index contributed by atoms with van der Waals surface area (Å²) in [7, 11) is 0. The first kappa shape index (κ1) is 18.1. The van der Waals surface area contributed by atoms with E-state index in [0.717, 1.165) is 16.9 Å². The molecule has 0 radical (unpaired) electrons. The summed E-state index contributed by atoms with van der Waals surface area (Å²) in [6.45, 7) is -0.105. The predicted octanol–water partition coefficient (Wildman–Crippen LogP) is 4.60. The van der Waals surface area contributed by atoms with Gasteiger partial charge in [-0.25, -0.2) is 4.98 Å². The highest BCUT2D eigenvalue weighted by Crippen LogP contribution is 2.21. The largest absolute Gasteiger partial charge is 0.484 e. The van der Waals surface area contributed by atoms with Crippen molar-refractivity contribution in [2.24, 2.45) is 0 Å². The number of carbonyl (C=O) groups excluding carboxylic acids is 1. The molecular weight excluding hydrogens is 374 g/mol. The Hall–Kier alpha value is -3.31. The van der Waals surface area contributed by atoms with E-state index in [1.54, 1.807) is 24.3 Å². The third-order valence-electron chi connectivity index (χ3n) is 4.26. The second kappa shape index (κ2) is 8.15. The number of halogens is 1. The zero-order chi connectivity index (χ0) is 19.3. The van der Waals surface area contributed by atoms with Gasteiger partial charge in [0.2, 0.25) is 0 Å². The number of hydrogen-bond acceptors (Lipinski definition) is 3. The van der Waals surface area contributed by atoms with Gasteiger partial charge in [-0.05, 0) is 42.0 Å². The highest BCUT2D eigenvalue weighted by molar-refractivity contribution is 6.30. The number of fused-ring (bicyclic) bond motifs is 1. The fourth-order valence-corrected chi connectivity index (χ4v) is 3.06. The smallest absolute Gasteiger partial charge is 0.263 e. The topological polar surface area (TPSA) is 55.6 Å². The van der Waals surface area contributed by atoms with E-state index in [0.29, 0.717) is 23.0 Å². The average molecular weight is 392 g/mol. The monoisotopic (exact) mass is 391 g/mol. The van der Waals surface area contributed by atoms with Crippen molar-refractivity contribution in [3.05, 3.63) is 95.3 Å². The number of benzene rings is 2. The summed E-state index contributed by atoms with van der Waals surface area (Å²) in [6, 6.07) is 22.7. The maximum Gasteiger partial charge on any atom is 0.263 e. The standard InChI is InChI=1S/C22H18ClN3O2/c23-17-9-11-18(12-10-17)28-15-21(27)25-22-19(14-16-6-2-1-3-7-16)24-20-8-4-5-13-26(20)22/h1-13H,14-15H2,(H,25,27). The molecular formula is C22H18ClN3O2. The molecule has 6 heteroatoms. The molecule has 0 bridgehead atoms. The van der Waals surface area contributed by atoms with E-state index >= 15 is 0 Å². The summed E-state index contributed by atoms with van der Waals surface area (Å²) in [6.07, 6.45) is 2.50. The van der Waals surface area contributed by atoms with Crippen LogP contribution in [0.25, 0.3) is 5.65 Å². The molecule has 1 N–H and O–H groups in total. The van der Waals surface area contributed by atoms with E-state index in [2.05, 4.69) is 10.3 Å². The summed E-state index contributed by atoms with van der Waals surface area (Å²) >= 11 is 5.86. The van der Waals surface area contributed by atoms with Gasteiger partial charge in [0.15, 0.2) is 6.61 Å². The number of rotatable bonds is 6. The Bertz CT molecular complexity index is 1090. The van der Waals surface area contributed by atoms with Crippen LogP contribution >= 0.6 is 11.6 Å². The fraction of sp³-hybridized carbons (Fsp3) is 0.0909. The predicted molar refractivity (Wildman–Crippen MR) is 110 cm³/mol. The van der Waals surface area contributed by atoms with Crippen LogP contribution in [-0.2, 0) is 11.2 Å². The lowest BCUT2D eigenvalue weighted by Crippen LogP contribution is -2.21. The van der Waals surface area contributed by atoms with Crippen molar-refractivity contribution < 1.29 is 9.53 Å². The zero-order valence-corrected chi connectivity index (χ0v) is 15.8. The first-order valence-corrected chi connectivity index (χ1v) is 9.25. The van der Waals surface area contributed by atoms with Crippen molar-refractivity contribution in [3.8, 4) is 5.75 Å². The minimum Gasteiger partial charge on any atom is -0.484 e. The van der Waals surface area contributed by atoms with E-state index in [-0.39, 0.29) is 12.5 Å². The summed E-state index contributed by atoms with van der Waals surface area (Å²) in [5.41, 5.74) is 2.71. The van der Waals surface area contributed by atoms with Crippen molar-refractivity contribution >= 4 is 29.0 Å². The van der Waals surface area contributed by atoms with Crippen LogP contribution in [0.3, 0.4) is 0 Å². The van der Waals surface area contributed by atoms with E-state index in [4.69, 9.17) is 16.3 Å². The third kappa shape index (κ3) is 4.15. The molecule has 4 aromatic rings. The summed E-state index contributed by atoms with van der Waals surface area (Å²) in [4.78, 5) is 17.2. The molecule has 0 fully saturated rings. The highest BCUT2D eigenvalue weighted by atomic mass is 35.5. The molecule has 5 nitrogen and oxygen atoms in total. The Morgan fingerprint density at radius 3 is 2.54 bits per heavy atom. The van der Waals surface area contributed by atoms with Crippen molar-refractivity contribution in [3.63, 3.8) is 0 Å². The molecule has 0 unspecified atom stereocenters. The van der Waals surface area contributed by atoms with Crippen LogP contribution in [0, 0.1) is 0 Å². The first-order chi connectivity index (χ1) is 13.7. The second-order valence-corrected chi connectivity index (χ2v) is 6.73. The van der Waals surface area contributed by atoms with E-state index < -0.39 is 0 Å². The Labute approximate surface area is 167 Å². The lowest BCUT2D eigenvalue weighted by Gasteiger charge is -2.09. The zero-order valence-electron chi connectivity index (χ0n) is 15.0. The summed E-state index contributed by atoms with van der Waals surface area (Å²) in [5.74, 6) is 0.987. The second-order valence-electron chi connectivity index (χ2n) is 6.29. The van der Waals surface area contributed by atoms with E-state index in [9.17, 15) is 4.79 Å². The normalized spacial score (nSPS) is 10.8. The molecule has 0 aliphatic heterocycles. The number of ether oxygens (including phenoxy) is 1. The van der Waals surface area contributed by atoms with Gasteiger partial charge in [0, 0.05) is 17.6 Å². The quantitative estimate of drug-likeness (QED) is 0.522. The van der Waals surface area contributed by atoms with Crippen LogP contribution in [0.2, 0.25) is 5.02 Å². The minimum absolute atomic E-state index is 0.105. The van der Waals surface area contributed by atoms with Crippen molar-refractivity contribution in [1.29, 1.82) is 0 Å². The van der Waals surface area contributed by atoms with Crippen LogP contribution in [0.5, 0.6) is 5.75 Å². The van der Waals surface area contributed by atoms with Gasteiger partial charge < -0.3 is 10.1 Å². The number of anilines is 1. The third-order valence-corrected chi connectivity index (χ3v) is 4.51. The highest BCUT2D eigenvalue weighted by Gasteiger charge is 2.15. The van der Waals surface area contributed by atoms with Crippen molar-refractivity contribution in [1.82, 2.24) is 9.38 Å². The average Bonchev–Trinajstić information content (AvgIpc) is 3.05. The van der Waals surface area contributed by atoms with Crippen LogP contribution in [0.4, 0.5) is 5.82 Å². The number of hydrogen-bond donors (Lipinski definition) is 1.